The van der Waals surface area contributed by atoms with Crippen LogP contribution in [0, 0.1) is 0 Å². The maximum Gasteiger partial charge on any atom is 0.0447 e. The third kappa shape index (κ3) is 3.59. The number of nitrogens with zero attached hydrogens (tertiary/aromatic N) is 1. The minimum absolute atomic E-state index is 0.296. The summed E-state index contributed by atoms with van der Waals surface area (Å²) in [5.41, 5.74) is 1.16. The average molecular weight is 273 g/mol. The molecule has 1 fully saturated rings. The SMILES string of the molecule is CNC(CN1CCCC1)c1cc(Cl)cc(Cl)c1. The third-order valence-electron chi connectivity index (χ3n) is 3.28. The van der Waals surface area contributed by atoms with Crippen molar-refractivity contribution in [3.8, 4) is 0 Å². The average Bonchev–Trinajstić information content (AvgIpc) is 2.77. The van der Waals surface area contributed by atoms with Crippen molar-refractivity contribution in [1.82, 2.24) is 10.2 Å². The summed E-state index contributed by atoms with van der Waals surface area (Å²) >= 11 is 12.1. The summed E-state index contributed by atoms with van der Waals surface area (Å²) in [6.45, 7) is 3.42. The van der Waals surface area contributed by atoms with Gasteiger partial charge in [0.1, 0.15) is 0 Å². The lowest BCUT2D eigenvalue weighted by atomic mass is 10.1. The quantitative estimate of drug-likeness (QED) is 0.905. The van der Waals surface area contributed by atoms with E-state index in [0.717, 1.165) is 12.1 Å². The molecule has 4 heteroatoms. The van der Waals surface area contributed by atoms with E-state index in [0.29, 0.717) is 16.1 Å². The van der Waals surface area contributed by atoms with E-state index in [1.807, 2.05) is 19.2 Å². The van der Waals surface area contributed by atoms with Gasteiger partial charge in [-0.1, -0.05) is 23.2 Å². The number of nitrogens with one attached hydrogen (secondary N) is 1. The van der Waals surface area contributed by atoms with E-state index in [2.05, 4.69) is 10.2 Å². The number of hydrogen-bond acceptors (Lipinski definition) is 2. The van der Waals surface area contributed by atoms with E-state index < -0.39 is 0 Å². The van der Waals surface area contributed by atoms with Gasteiger partial charge in [-0.2, -0.15) is 0 Å². The summed E-state index contributed by atoms with van der Waals surface area (Å²) in [7, 11) is 1.98. The Balaban J connectivity index is 2.10. The Kier molecular flexibility index (Phi) is 4.69. The van der Waals surface area contributed by atoms with Crippen LogP contribution >= 0.6 is 23.2 Å². The molecule has 94 valence electrons. The molecule has 0 radical (unpaired) electrons. The number of likely N-dealkylation sites (tertiary alicyclic amines) is 1. The van der Waals surface area contributed by atoms with E-state index in [1.165, 1.54) is 25.9 Å². The first-order valence-corrected chi connectivity index (χ1v) is 6.80. The highest BCUT2D eigenvalue weighted by atomic mass is 35.5. The van der Waals surface area contributed by atoms with Gasteiger partial charge in [0.15, 0.2) is 0 Å². The molecule has 1 aliphatic rings. The van der Waals surface area contributed by atoms with Crippen LogP contribution in [0.1, 0.15) is 24.4 Å². The molecule has 0 spiro atoms. The monoisotopic (exact) mass is 272 g/mol. The van der Waals surface area contributed by atoms with Crippen LogP contribution in [0.5, 0.6) is 0 Å². The smallest absolute Gasteiger partial charge is 0.0447 e. The molecule has 2 nitrogen and oxygen atoms in total. The van der Waals surface area contributed by atoms with Gasteiger partial charge in [-0.25, -0.2) is 0 Å². The summed E-state index contributed by atoms with van der Waals surface area (Å²) < 4.78 is 0. The molecule has 1 unspecified atom stereocenters. The Hall–Kier alpha value is -0.280. The van der Waals surface area contributed by atoms with Crippen molar-refractivity contribution in [3.05, 3.63) is 33.8 Å². The molecule has 1 N–H and O–H groups in total. The molecular formula is C13H18Cl2N2. The number of benzene rings is 1. The Morgan fingerprint density at radius 3 is 2.29 bits per heavy atom. The molecule has 1 aliphatic heterocycles. The first-order valence-electron chi connectivity index (χ1n) is 6.04. The molecule has 1 saturated heterocycles. The van der Waals surface area contributed by atoms with Gasteiger partial charge in [-0.05, 0) is 56.7 Å². The fourth-order valence-electron chi connectivity index (χ4n) is 2.36. The van der Waals surface area contributed by atoms with Crippen molar-refractivity contribution in [1.29, 1.82) is 0 Å². The van der Waals surface area contributed by atoms with Gasteiger partial charge in [0, 0.05) is 22.6 Å². The van der Waals surface area contributed by atoms with E-state index in [-0.39, 0.29) is 0 Å². The first-order chi connectivity index (χ1) is 8.19. The summed E-state index contributed by atoms with van der Waals surface area (Å²) in [6, 6.07) is 6.05. The molecule has 2 rings (SSSR count). The maximum atomic E-state index is 6.04. The summed E-state index contributed by atoms with van der Waals surface area (Å²) in [5.74, 6) is 0. The van der Waals surface area contributed by atoms with Crippen LogP contribution in [-0.2, 0) is 0 Å². The van der Waals surface area contributed by atoms with Crippen molar-refractivity contribution >= 4 is 23.2 Å². The minimum atomic E-state index is 0.296. The fraction of sp³-hybridized carbons (Fsp3) is 0.538. The first kappa shape index (κ1) is 13.2. The molecule has 0 aliphatic carbocycles. The fourth-order valence-corrected chi connectivity index (χ4v) is 2.91. The lowest BCUT2D eigenvalue weighted by Crippen LogP contribution is -2.31. The summed E-state index contributed by atoms with van der Waals surface area (Å²) in [4.78, 5) is 2.48. The molecule has 1 atom stereocenters. The number of halogens is 2. The van der Waals surface area contributed by atoms with Crippen LogP contribution in [0.25, 0.3) is 0 Å². The zero-order chi connectivity index (χ0) is 12.3. The molecule has 0 amide bonds. The van der Waals surface area contributed by atoms with Crippen molar-refractivity contribution < 1.29 is 0 Å². The van der Waals surface area contributed by atoms with Crippen molar-refractivity contribution in [2.45, 2.75) is 18.9 Å². The molecule has 17 heavy (non-hydrogen) atoms. The lowest BCUT2D eigenvalue weighted by Gasteiger charge is -2.23. The zero-order valence-corrected chi connectivity index (χ0v) is 11.6. The van der Waals surface area contributed by atoms with Gasteiger partial charge in [0.25, 0.3) is 0 Å². The van der Waals surface area contributed by atoms with Crippen molar-refractivity contribution in [2.24, 2.45) is 0 Å². The standard InChI is InChI=1S/C13H18Cl2N2/c1-16-13(9-17-4-2-3-5-17)10-6-11(14)8-12(15)7-10/h6-8,13,16H,2-5,9H2,1H3. The Morgan fingerprint density at radius 1 is 1.18 bits per heavy atom. The molecule has 0 saturated carbocycles. The second-order valence-corrected chi connectivity index (χ2v) is 5.42. The maximum absolute atomic E-state index is 6.04. The molecule has 1 heterocycles. The van der Waals surface area contributed by atoms with Crippen LogP contribution in [0.4, 0.5) is 0 Å². The van der Waals surface area contributed by atoms with Gasteiger partial charge in [0.2, 0.25) is 0 Å². The van der Waals surface area contributed by atoms with Gasteiger partial charge in [-0.3, -0.25) is 0 Å². The van der Waals surface area contributed by atoms with Crippen LogP contribution in [0.3, 0.4) is 0 Å². The number of rotatable bonds is 4. The number of hydrogen-bond donors (Lipinski definition) is 1. The molecule has 0 bridgehead atoms. The molecule has 0 aromatic heterocycles. The lowest BCUT2D eigenvalue weighted by molar-refractivity contribution is 0.299. The predicted octanol–water partition coefficient (Wildman–Crippen LogP) is 3.35. The van der Waals surface area contributed by atoms with Crippen molar-refractivity contribution in [3.63, 3.8) is 0 Å². The van der Waals surface area contributed by atoms with Crippen LogP contribution in [-0.4, -0.2) is 31.6 Å². The largest absolute Gasteiger partial charge is 0.312 e. The van der Waals surface area contributed by atoms with Crippen LogP contribution < -0.4 is 5.32 Å². The van der Waals surface area contributed by atoms with E-state index in [4.69, 9.17) is 23.2 Å². The van der Waals surface area contributed by atoms with E-state index in [1.54, 1.807) is 6.07 Å². The normalized spacial score (nSPS) is 18.5. The van der Waals surface area contributed by atoms with E-state index in [9.17, 15) is 0 Å². The highest BCUT2D eigenvalue weighted by Gasteiger charge is 2.18. The highest BCUT2D eigenvalue weighted by Crippen LogP contribution is 2.24. The second kappa shape index (κ2) is 6.05. The van der Waals surface area contributed by atoms with Crippen molar-refractivity contribution in [2.75, 3.05) is 26.7 Å². The van der Waals surface area contributed by atoms with E-state index >= 15 is 0 Å². The predicted molar refractivity (Wildman–Crippen MR) is 73.9 cm³/mol. The van der Waals surface area contributed by atoms with Crippen LogP contribution in [0.15, 0.2) is 18.2 Å². The topological polar surface area (TPSA) is 15.3 Å². The van der Waals surface area contributed by atoms with Gasteiger partial charge in [0.05, 0.1) is 0 Å². The van der Waals surface area contributed by atoms with Gasteiger partial charge < -0.3 is 10.2 Å². The number of likely N-dealkylation sites (N-methyl/N-ethyl adjacent to an activating group) is 1. The Labute approximate surface area is 113 Å². The molecule has 1 aromatic rings. The highest BCUT2D eigenvalue weighted by molar-refractivity contribution is 6.34. The molecule has 1 aromatic carbocycles. The Morgan fingerprint density at radius 2 is 1.76 bits per heavy atom. The minimum Gasteiger partial charge on any atom is -0.312 e. The van der Waals surface area contributed by atoms with Gasteiger partial charge in [-0.15, -0.1) is 0 Å². The third-order valence-corrected chi connectivity index (χ3v) is 3.71. The molecular weight excluding hydrogens is 255 g/mol. The second-order valence-electron chi connectivity index (χ2n) is 4.55. The Bertz CT molecular complexity index is 355. The van der Waals surface area contributed by atoms with Crippen LogP contribution in [0.2, 0.25) is 10.0 Å². The zero-order valence-electron chi connectivity index (χ0n) is 10.0. The van der Waals surface area contributed by atoms with Gasteiger partial charge >= 0.3 is 0 Å². The summed E-state index contributed by atoms with van der Waals surface area (Å²) in [6.07, 6.45) is 2.62. The summed E-state index contributed by atoms with van der Waals surface area (Å²) in [5, 5.41) is 4.75.